The molecule has 6 nitrogen and oxygen atoms in total. The van der Waals surface area contributed by atoms with E-state index in [1.807, 2.05) is 44.2 Å². The number of rotatable bonds is 7. The van der Waals surface area contributed by atoms with Crippen LogP contribution in [-0.4, -0.2) is 53.1 Å². The fraction of sp³-hybridized carbons (Fsp3) is 0.333. The molecule has 7 heteroatoms. The molecule has 37 heavy (non-hydrogen) atoms. The first-order valence-electron chi connectivity index (χ1n) is 12.8. The van der Waals surface area contributed by atoms with Gasteiger partial charge in [0.25, 0.3) is 5.91 Å². The molecule has 1 fully saturated rings. The predicted octanol–water partition coefficient (Wildman–Crippen LogP) is 5.45. The van der Waals surface area contributed by atoms with E-state index >= 15 is 0 Å². The number of hydrogen-bond donors (Lipinski definition) is 1. The van der Waals surface area contributed by atoms with Gasteiger partial charge in [0.1, 0.15) is 17.2 Å². The van der Waals surface area contributed by atoms with Gasteiger partial charge in [-0.15, -0.1) is 0 Å². The smallest absolute Gasteiger partial charge is 0.410 e. The van der Waals surface area contributed by atoms with Crippen LogP contribution in [0.2, 0.25) is 0 Å². The van der Waals surface area contributed by atoms with Gasteiger partial charge in [0.15, 0.2) is 0 Å². The van der Waals surface area contributed by atoms with Gasteiger partial charge in [-0.25, -0.2) is 9.18 Å². The Balaban J connectivity index is 1.42. The number of amides is 2. The van der Waals surface area contributed by atoms with Crippen LogP contribution in [0.15, 0.2) is 78.9 Å². The van der Waals surface area contributed by atoms with Crippen molar-refractivity contribution in [3.63, 3.8) is 0 Å². The SMILES string of the molecule is CCN(CC)C(=O)c1ccc(OC(=O)N2CCC(C(O)(c3ccccc3)c3ccc(F)cc3)CC2)cc1. The van der Waals surface area contributed by atoms with Gasteiger partial charge in [0, 0.05) is 31.7 Å². The molecule has 0 saturated carbocycles. The third-order valence-corrected chi connectivity index (χ3v) is 7.20. The lowest BCUT2D eigenvalue weighted by atomic mass is 9.72. The monoisotopic (exact) mass is 504 g/mol. The van der Waals surface area contributed by atoms with Crippen molar-refractivity contribution in [3.8, 4) is 5.75 Å². The second-order valence-corrected chi connectivity index (χ2v) is 9.27. The lowest BCUT2D eigenvalue weighted by Gasteiger charge is -2.42. The number of benzene rings is 3. The van der Waals surface area contributed by atoms with Crippen LogP contribution in [-0.2, 0) is 5.60 Å². The quantitative estimate of drug-likeness (QED) is 0.464. The second kappa shape index (κ2) is 11.6. The Bertz CT molecular complexity index is 1190. The van der Waals surface area contributed by atoms with E-state index < -0.39 is 11.7 Å². The highest BCUT2D eigenvalue weighted by Crippen LogP contribution is 2.42. The lowest BCUT2D eigenvalue weighted by Crippen LogP contribution is -2.46. The van der Waals surface area contributed by atoms with Crippen molar-refractivity contribution in [2.75, 3.05) is 26.2 Å². The van der Waals surface area contributed by atoms with Gasteiger partial charge in [-0.3, -0.25) is 4.79 Å². The number of halogens is 1. The number of piperidine rings is 1. The average molecular weight is 505 g/mol. The first-order chi connectivity index (χ1) is 17.9. The summed E-state index contributed by atoms with van der Waals surface area (Å²) in [6, 6.07) is 21.9. The summed E-state index contributed by atoms with van der Waals surface area (Å²) in [7, 11) is 0. The third kappa shape index (κ3) is 5.67. The lowest BCUT2D eigenvalue weighted by molar-refractivity contribution is -0.0116. The maximum absolute atomic E-state index is 13.6. The summed E-state index contributed by atoms with van der Waals surface area (Å²) in [5.74, 6) is -0.218. The molecule has 4 rings (SSSR count). The van der Waals surface area contributed by atoms with Crippen LogP contribution >= 0.6 is 0 Å². The van der Waals surface area contributed by atoms with Crippen LogP contribution in [0.5, 0.6) is 5.75 Å². The Kier molecular flexibility index (Phi) is 8.24. The number of aliphatic hydroxyl groups is 1. The van der Waals surface area contributed by atoms with Crippen molar-refractivity contribution >= 4 is 12.0 Å². The first-order valence-corrected chi connectivity index (χ1v) is 12.8. The Labute approximate surface area is 217 Å². The topological polar surface area (TPSA) is 70.1 Å². The van der Waals surface area contributed by atoms with E-state index in [2.05, 4.69) is 0 Å². The molecular weight excluding hydrogens is 471 g/mol. The van der Waals surface area contributed by atoms with E-state index in [9.17, 15) is 19.1 Å². The molecule has 1 atom stereocenters. The summed E-state index contributed by atoms with van der Waals surface area (Å²) in [5.41, 5.74) is 0.603. The number of carbonyl (C=O) groups is 2. The highest BCUT2D eigenvalue weighted by atomic mass is 19.1. The first kappa shape index (κ1) is 26.4. The molecule has 3 aromatic carbocycles. The minimum Gasteiger partial charge on any atom is -0.410 e. The summed E-state index contributed by atoms with van der Waals surface area (Å²) in [6.45, 7) is 5.95. The zero-order valence-corrected chi connectivity index (χ0v) is 21.3. The van der Waals surface area contributed by atoms with Crippen molar-refractivity contribution in [1.82, 2.24) is 9.80 Å². The minimum absolute atomic E-state index is 0.0583. The largest absolute Gasteiger partial charge is 0.415 e. The fourth-order valence-corrected chi connectivity index (χ4v) is 5.04. The number of ether oxygens (including phenoxy) is 1. The summed E-state index contributed by atoms with van der Waals surface area (Å²) >= 11 is 0. The number of carbonyl (C=O) groups excluding carboxylic acids is 2. The van der Waals surface area contributed by atoms with Crippen molar-refractivity contribution in [2.45, 2.75) is 32.3 Å². The molecule has 1 aliphatic heterocycles. The van der Waals surface area contributed by atoms with E-state index in [1.54, 1.807) is 46.2 Å². The third-order valence-electron chi connectivity index (χ3n) is 7.20. The summed E-state index contributed by atoms with van der Waals surface area (Å²) in [6.07, 6.45) is 0.635. The average Bonchev–Trinajstić information content (AvgIpc) is 2.94. The normalized spacial score (nSPS) is 15.6. The van der Waals surface area contributed by atoms with Crippen molar-refractivity contribution in [2.24, 2.45) is 5.92 Å². The molecule has 2 amide bonds. The van der Waals surface area contributed by atoms with Gasteiger partial charge >= 0.3 is 6.09 Å². The van der Waals surface area contributed by atoms with Crippen molar-refractivity contribution in [3.05, 3.63) is 101 Å². The van der Waals surface area contributed by atoms with E-state index in [0.29, 0.717) is 55.9 Å². The predicted molar refractivity (Wildman–Crippen MR) is 140 cm³/mol. The number of likely N-dealkylation sites (tertiary alicyclic amines) is 1. The Morgan fingerprint density at radius 1 is 0.919 bits per heavy atom. The molecule has 0 aromatic heterocycles. The van der Waals surface area contributed by atoms with Gasteiger partial charge in [0.2, 0.25) is 0 Å². The summed E-state index contributed by atoms with van der Waals surface area (Å²) in [4.78, 5) is 28.7. The Hall–Kier alpha value is -3.71. The summed E-state index contributed by atoms with van der Waals surface area (Å²) < 4.78 is 19.2. The van der Waals surface area contributed by atoms with Gasteiger partial charge < -0.3 is 19.6 Å². The van der Waals surface area contributed by atoms with Crippen LogP contribution in [0.3, 0.4) is 0 Å². The molecule has 1 N–H and O–H groups in total. The van der Waals surface area contributed by atoms with E-state index in [-0.39, 0.29) is 17.6 Å². The molecule has 1 heterocycles. The standard InChI is InChI=1S/C30H33FN2O4/c1-3-32(4-2)28(34)22-10-16-27(17-11-22)37-29(35)33-20-18-25(19-21-33)30(36,23-8-6-5-7-9-23)24-12-14-26(31)15-13-24/h5-17,25,36H,3-4,18-21H2,1-2H3. The van der Waals surface area contributed by atoms with Crippen molar-refractivity contribution in [1.29, 1.82) is 0 Å². The van der Waals surface area contributed by atoms with Crippen LogP contribution in [0.4, 0.5) is 9.18 Å². The number of hydrogen-bond acceptors (Lipinski definition) is 4. The van der Waals surface area contributed by atoms with Crippen LogP contribution in [0.25, 0.3) is 0 Å². The molecule has 3 aromatic rings. The molecule has 1 unspecified atom stereocenters. The zero-order valence-electron chi connectivity index (χ0n) is 21.3. The second-order valence-electron chi connectivity index (χ2n) is 9.27. The molecule has 0 radical (unpaired) electrons. The highest BCUT2D eigenvalue weighted by Gasteiger charge is 2.42. The van der Waals surface area contributed by atoms with E-state index in [1.165, 1.54) is 12.1 Å². The zero-order chi connectivity index (χ0) is 26.4. The molecule has 1 saturated heterocycles. The molecule has 0 bridgehead atoms. The fourth-order valence-electron chi connectivity index (χ4n) is 5.04. The van der Waals surface area contributed by atoms with Gasteiger partial charge in [0.05, 0.1) is 0 Å². The minimum atomic E-state index is -1.31. The molecular formula is C30H33FN2O4. The van der Waals surface area contributed by atoms with Gasteiger partial charge in [-0.1, -0.05) is 42.5 Å². The summed E-state index contributed by atoms with van der Waals surface area (Å²) in [5, 5.41) is 12.0. The van der Waals surface area contributed by atoms with Gasteiger partial charge in [-0.2, -0.15) is 0 Å². The maximum Gasteiger partial charge on any atom is 0.415 e. The van der Waals surface area contributed by atoms with Crippen molar-refractivity contribution < 1.29 is 23.8 Å². The Morgan fingerprint density at radius 2 is 1.49 bits per heavy atom. The molecule has 0 aliphatic carbocycles. The Morgan fingerprint density at radius 3 is 2.05 bits per heavy atom. The maximum atomic E-state index is 13.6. The molecule has 194 valence electrons. The van der Waals surface area contributed by atoms with Crippen LogP contribution < -0.4 is 4.74 Å². The van der Waals surface area contributed by atoms with E-state index in [4.69, 9.17) is 4.74 Å². The van der Waals surface area contributed by atoms with Crippen LogP contribution in [0, 0.1) is 11.7 Å². The molecule has 0 spiro atoms. The molecule has 1 aliphatic rings. The van der Waals surface area contributed by atoms with Gasteiger partial charge in [-0.05, 0) is 80.1 Å². The van der Waals surface area contributed by atoms with Crippen LogP contribution in [0.1, 0.15) is 48.2 Å². The van der Waals surface area contributed by atoms with E-state index in [0.717, 1.165) is 5.56 Å². The number of nitrogens with zero attached hydrogens (tertiary/aromatic N) is 2. The highest BCUT2D eigenvalue weighted by molar-refractivity contribution is 5.94.